The van der Waals surface area contributed by atoms with Gasteiger partial charge < -0.3 is 19.9 Å². The van der Waals surface area contributed by atoms with Crippen LogP contribution in [-0.2, 0) is 11.2 Å². The van der Waals surface area contributed by atoms with Gasteiger partial charge >= 0.3 is 0 Å². The summed E-state index contributed by atoms with van der Waals surface area (Å²) in [6, 6.07) is 16.0. The number of ether oxygens (including phenoxy) is 2. The average Bonchev–Trinajstić information content (AvgIpc) is 2.59. The van der Waals surface area contributed by atoms with Crippen molar-refractivity contribution < 1.29 is 19.9 Å². The van der Waals surface area contributed by atoms with Crippen LogP contribution in [0.1, 0.15) is 18.1 Å². The number of quaternary nitrogens is 1. The van der Waals surface area contributed by atoms with Crippen molar-refractivity contribution in [3.05, 3.63) is 64.7 Å². The molecule has 2 aromatic rings. The van der Waals surface area contributed by atoms with E-state index in [0.29, 0.717) is 31.4 Å². The van der Waals surface area contributed by atoms with Gasteiger partial charge in [-0.3, -0.25) is 0 Å². The van der Waals surface area contributed by atoms with Gasteiger partial charge in [0.25, 0.3) is 0 Å². The molecule has 0 spiro atoms. The maximum Gasteiger partial charge on any atom is 0.123 e. The third-order valence-electron chi connectivity index (χ3n) is 3.72. The second-order valence-corrected chi connectivity index (χ2v) is 6.47. The van der Waals surface area contributed by atoms with Gasteiger partial charge in [-0.1, -0.05) is 41.9 Å². The maximum absolute atomic E-state index is 9.17. The molecule has 3 N–H and O–H groups in total. The van der Waals surface area contributed by atoms with Gasteiger partial charge in [0.1, 0.15) is 18.9 Å². The summed E-state index contributed by atoms with van der Waals surface area (Å²) < 4.78 is 11.4. The van der Waals surface area contributed by atoms with Gasteiger partial charge in [-0.25, -0.2) is 0 Å². The molecule has 0 fully saturated rings. The number of halogens is 1. The zero-order valence-electron chi connectivity index (χ0n) is 14.7. The van der Waals surface area contributed by atoms with E-state index in [9.17, 15) is 0 Å². The lowest BCUT2D eigenvalue weighted by Gasteiger charge is -2.12. The van der Waals surface area contributed by atoms with Crippen LogP contribution in [0.5, 0.6) is 5.75 Å². The first-order valence-electron chi connectivity index (χ1n) is 8.68. The Morgan fingerprint density at radius 2 is 1.88 bits per heavy atom. The van der Waals surface area contributed by atoms with Gasteiger partial charge in [0.15, 0.2) is 0 Å². The van der Waals surface area contributed by atoms with Crippen LogP contribution >= 0.6 is 11.6 Å². The summed E-state index contributed by atoms with van der Waals surface area (Å²) in [5.74, 6) is 0.845. The molecule has 1 atom stereocenters. The normalized spacial score (nSPS) is 12.1. The van der Waals surface area contributed by atoms with Gasteiger partial charge in [-0.2, -0.15) is 0 Å². The monoisotopic (exact) mass is 364 g/mol. The van der Waals surface area contributed by atoms with Crippen LogP contribution in [-0.4, -0.2) is 44.1 Å². The minimum atomic E-state index is -0.281. The van der Waals surface area contributed by atoms with Crippen molar-refractivity contribution in [3.8, 4) is 5.75 Å². The van der Waals surface area contributed by atoms with Crippen molar-refractivity contribution >= 4 is 11.6 Å². The highest BCUT2D eigenvalue weighted by Crippen LogP contribution is 2.25. The van der Waals surface area contributed by atoms with E-state index < -0.39 is 0 Å². The molecular formula is C20H27ClNO3+. The van der Waals surface area contributed by atoms with Crippen LogP contribution in [0.3, 0.4) is 0 Å². The lowest BCUT2D eigenvalue weighted by atomic mass is 10.0. The molecule has 136 valence electrons. The highest BCUT2D eigenvalue weighted by molar-refractivity contribution is 6.30. The maximum atomic E-state index is 9.17. The summed E-state index contributed by atoms with van der Waals surface area (Å²) in [5, 5.41) is 11.9. The van der Waals surface area contributed by atoms with E-state index in [2.05, 4.69) is 12.1 Å². The fraction of sp³-hybridized carbons (Fsp3) is 0.400. The Morgan fingerprint density at radius 3 is 2.64 bits per heavy atom. The van der Waals surface area contributed by atoms with Gasteiger partial charge in [0.05, 0.1) is 25.9 Å². The van der Waals surface area contributed by atoms with Crippen molar-refractivity contribution in [1.29, 1.82) is 0 Å². The molecular weight excluding hydrogens is 338 g/mol. The molecule has 0 radical (unpaired) electrons. The number of rotatable bonds is 11. The lowest BCUT2D eigenvalue weighted by Crippen LogP contribution is -2.87. The molecule has 5 heteroatoms. The van der Waals surface area contributed by atoms with E-state index >= 15 is 0 Å². The van der Waals surface area contributed by atoms with Gasteiger partial charge in [0, 0.05) is 11.4 Å². The third kappa shape index (κ3) is 7.88. The zero-order valence-corrected chi connectivity index (χ0v) is 15.4. The second kappa shape index (κ2) is 11.1. The summed E-state index contributed by atoms with van der Waals surface area (Å²) in [6.45, 7) is 5.01. The Balaban J connectivity index is 1.76. The van der Waals surface area contributed by atoms with E-state index in [1.165, 1.54) is 5.56 Å². The molecule has 0 saturated heterocycles. The predicted octanol–water partition coefficient (Wildman–Crippen LogP) is 2.27. The first-order valence-corrected chi connectivity index (χ1v) is 9.05. The van der Waals surface area contributed by atoms with E-state index in [1.54, 1.807) is 6.92 Å². The molecule has 2 aromatic carbocycles. The average molecular weight is 365 g/mol. The molecule has 0 amide bonds. The van der Waals surface area contributed by atoms with Gasteiger partial charge in [-0.15, -0.1) is 0 Å². The van der Waals surface area contributed by atoms with Crippen LogP contribution < -0.4 is 10.1 Å². The van der Waals surface area contributed by atoms with E-state index in [0.717, 1.165) is 24.3 Å². The number of nitrogens with two attached hydrogens (primary N) is 1. The first kappa shape index (κ1) is 19.7. The van der Waals surface area contributed by atoms with Crippen LogP contribution in [0, 0.1) is 0 Å². The number of aliphatic hydroxyl groups is 1. The van der Waals surface area contributed by atoms with E-state index in [-0.39, 0.29) is 6.10 Å². The molecule has 0 unspecified atom stereocenters. The topological polar surface area (TPSA) is 55.3 Å². The quantitative estimate of drug-likeness (QED) is 0.601. The lowest BCUT2D eigenvalue weighted by molar-refractivity contribution is -0.661. The van der Waals surface area contributed by atoms with E-state index in [1.807, 2.05) is 41.7 Å². The fourth-order valence-corrected chi connectivity index (χ4v) is 2.68. The number of hydrogen-bond donors (Lipinski definition) is 2. The van der Waals surface area contributed by atoms with Crippen LogP contribution in [0.25, 0.3) is 0 Å². The smallest absolute Gasteiger partial charge is 0.123 e. The summed E-state index contributed by atoms with van der Waals surface area (Å²) in [7, 11) is 0. The van der Waals surface area contributed by atoms with Crippen molar-refractivity contribution in [2.24, 2.45) is 0 Å². The Bertz CT molecular complexity index is 620. The summed E-state index contributed by atoms with van der Waals surface area (Å²) in [4.78, 5) is 0. The molecule has 2 rings (SSSR count). The second-order valence-electron chi connectivity index (χ2n) is 6.04. The molecule has 0 aliphatic heterocycles. The highest BCUT2D eigenvalue weighted by Gasteiger charge is 2.06. The van der Waals surface area contributed by atoms with Crippen molar-refractivity contribution in [2.45, 2.75) is 19.4 Å². The fourth-order valence-electron chi connectivity index (χ4n) is 2.48. The van der Waals surface area contributed by atoms with Crippen LogP contribution in [0.4, 0.5) is 0 Å². The predicted molar refractivity (Wildman–Crippen MR) is 100 cm³/mol. The standard InChI is InChI=1S/C20H26ClNO3/c1-16(23)15-22-9-10-24-11-12-25-20-8-7-19(21)14-18(20)13-17-5-3-2-4-6-17/h2-8,14,16,22-23H,9-13,15H2,1H3/p+1/t16-/m0/s1. The van der Waals surface area contributed by atoms with E-state index in [4.69, 9.17) is 26.2 Å². The molecule has 0 heterocycles. The zero-order chi connectivity index (χ0) is 17.9. The van der Waals surface area contributed by atoms with Gasteiger partial charge in [0.2, 0.25) is 0 Å². The highest BCUT2D eigenvalue weighted by atomic mass is 35.5. The molecule has 0 saturated carbocycles. The molecule has 0 aliphatic rings. The minimum absolute atomic E-state index is 0.281. The third-order valence-corrected chi connectivity index (χ3v) is 3.95. The number of aliphatic hydroxyl groups excluding tert-OH is 1. The number of hydrogen-bond acceptors (Lipinski definition) is 3. The molecule has 4 nitrogen and oxygen atoms in total. The Hall–Kier alpha value is -1.59. The molecule has 0 aliphatic carbocycles. The van der Waals surface area contributed by atoms with Crippen LogP contribution in [0.2, 0.25) is 5.02 Å². The molecule has 0 bridgehead atoms. The largest absolute Gasteiger partial charge is 0.491 e. The van der Waals surface area contributed by atoms with Crippen molar-refractivity contribution in [1.82, 2.24) is 0 Å². The number of benzene rings is 2. The molecule has 0 aromatic heterocycles. The van der Waals surface area contributed by atoms with Crippen molar-refractivity contribution in [3.63, 3.8) is 0 Å². The SMILES string of the molecule is C[C@H](O)C[NH2+]CCOCCOc1ccc(Cl)cc1Cc1ccccc1. The summed E-state index contributed by atoms with van der Waals surface area (Å²) >= 11 is 6.14. The van der Waals surface area contributed by atoms with Crippen molar-refractivity contribution in [2.75, 3.05) is 32.9 Å². The van der Waals surface area contributed by atoms with Crippen LogP contribution in [0.15, 0.2) is 48.5 Å². The first-order chi connectivity index (χ1) is 12.1. The van der Waals surface area contributed by atoms with Gasteiger partial charge in [-0.05, 0) is 36.2 Å². The minimum Gasteiger partial charge on any atom is -0.491 e. The summed E-state index contributed by atoms with van der Waals surface area (Å²) in [6.07, 6.45) is 0.502. The summed E-state index contributed by atoms with van der Waals surface area (Å²) in [5.41, 5.74) is 2.29. The Kier molecular flexibility index (Phi) is 8.77. The molecule has 25 heavy (non-hydrogen) atoms. The Morgan fingerprint density at radius 1 is 1.08 bits per heavy atom. The Labute approximate surface area is 154 Å².